The lowest BCUT2D eigenvalue weighted by atomic mass is 10.2. The van der Waals surface area contributed by atoms with Crippen LogP contribution in [0.4, 0.5) is 5.69 Å². The summed E-state index contributed by atoms with van der Waals surface area (Å²) in [5, 5.41) is 0.684. The lowest BCUT2D eigenvalue weighted by Gasteiger charge is -2.18. The molecule has 0 aliphatic heterocycles. The fourth-order valence-corrected chi connectivity index (χ4v) is 4.56. The Kier molecular flexibility index (Phi) is 7.24. The summed E-state index contributed by atoms with van der Waals surface area (Å²) in [6.07, 6.45) is 0. The van der Waals surface area contributed by atoms with Crippen molar-refractivity contribution in [2.45, 2.75) is 11.8 Å². The summed E-state index contributed by atoms with van der Waals surface area (Å²) >= 11 is 3.25. The van der Waals surface area contributed by atoms with Crippen LogP contribution >= 0.6 is 15.9 Å². The number of furan rings is 1. The average molecular weight is 511 g/mol. The summed E-state index contributed by atoms with van der Waals surface area (Å²) in [7, 11) is -0.642. The van der Waals surface area contributed by atoms with Crippen LogP contribution in [0.5, 0.6) is 5.75 Å². The molecule has 10 heteroatoms. The number of benzene rings is 2. The van der Waals surface area contributed by atoms with Crippen LogP contribution in [0, 0.1) is 0 Å². The number of fused-ring (bicyclic) bond motifs is 1. The molecule has 0 atom stereocenters. The molecule has 0 fully saturated rings. The Bertz CT molecular complexity index is 1190. The number of rotatable bonds is 9. The van der Waals surface area contributed by atoms with Gasteiger partial charge in [-0.05, 0) is 43.3 Å². The predicted molar refractivity (Wildman–Crippen MR) is 121 cm³/mol. The van der Waals surface area contributed by atoms with Crippen molar-refractivity contribution in [3.8, 4) is 5.75 Å². The third-order valence-electron chi connectivity index (χ3n) is 4.52. The van der Waals surface area contributed by atoms with Crippen LogP contribution in [0.3, 0.4) is 0 Å². The van der Waals surface area contributed by atoms with Gasteiger partial charge in [-0.1, -0.05) is 15.9 Å². The molecule has 0 bridgehead atoms. The highest BCUT2D eigenvalue weighted by Gasteiger charge is 2.25. The molecule has 0 aliphatic rings. The van der Waals surface area contributed by atoms with Crippen molar-refractivity contribution < 1.29 is 27.1 Å². The minimum Gasteiger partial charge on any atom is -0.492 e. The summed E-state index contributed by atoms with van der Waals surface area (Å²) < 4.78 is 44.4. The first-order valence-electron chi connectivity index (χ1n) is 9.48. The minimum absolute atomic E-state index is 0.108. The van der Waals surface area contributed by atoms with Crippen molar-refractivity contribution in [1.82, 2.24) is 4.72 Å². The van der Waals surface area contributed by atoms with Gasteiger partial charge in [0.25, 0.3) is 10.0 Å². The molecule has 3 rings (SSSR count). The van der Waals surface area contributed by atoms with E-state index >= 15 is 0 Å². The molecule has 0 saturated carbocycles. The fraction of sp³-hybridized carbons (Fsp3) is 0.286. The summed E-state index contributed by atoms with van der Waals surface area (Å²) in [4.78, 5) is 14.5. The van der Waals surface area contributed by atoms with Crippen molar-refractivity contribution in [2.75, 3.05) is 38.8 Å². The number of sulfonamides is 1. The standard InChI is InChI=1S/C21H23BrN2O6S/c1-4-29-17-8-6-15(22)12-20(17)31(26,27)23-21(25)19-11-14-5-7-16(13-18(14)30-19)24(2)9-10-28-3/h5-8,11-13H,4,9-10H2,1-3H3,(H,23,25). The number of amides is 1. The molecule has 3 aromatic rings. The van der Waals surface area contributed by atoms with Gasteiger partial charge in [-0.2, -0.15) is 0 Å². The lowest BCUT2D eigenvalue weighted by Crippen LogP contribution is -2.30. The number of likely N-dealkylation sites (N-methyl/N-ethyl adjacent to an activating group) is 1. The van der Waals surface area contributed by atoms with Crippen LogP contribution < -0.4 is 14.4 Å². The SMILES string of the molecule is CCOc1ccc(Br)cc1S(=O)(=O)NC(=O)c1cc2ccc(N(C)CCOC)cc2o1. The Morgan fingerprint density at radius 1 is 1.19 bits per heavy atom. The van der Waals surface area contributed by atoms with E-state index < -0.39 is 15.9 Å². The maximum absolute atomic E-state index is 12.8. The molecule has 2 aromatic carbocycles. The van der Waals surface area contributed by atoms with Gasteiger partial charge in [-0.3, -0.25) is 4.79 Å². The number of methoxy groups -OCH3 is 1. The van der Waals surface area contributed by atoms with Crippen molar-refractivity contribution in [2.24, 2.45) is 0 Å². The Balaban J connectivity index is 1.85. The molecule has 1 aromatic heterocycles. The summed E-state index contributed by atoms with van der Waals surface area (Å²) in [6, 6.07) is 11.6. The molecule has 0 spiro atoms. The molecule has 0 aliphatic carbocycles. The van der Waals surface area contributed by atoms with Crippen molar-refractivity contribution in [3.05, 3.63) is 52.7 Å². The zero-order valence-corrected chi connectivity index (χ0v) is 19.7. The fourth-order valence-electron chi connectivity index (χ4n) is 2.92. The van der Waals surface area contributed by atoms with E-state index in [0.717, 1.165) is 5.69 Å². The van der Waals surface area contributed by atoms with E-state index in [4.69, 9.17) is 13.9 Å². The van der Waals surface area contributed by atoms with Crippen molar-refractivity contribution in [1.29, 1.82) is 0 Å². The monoisotopic (exact) mass is 510 g/mol. The second-order valence-electron chi connectivity index (χ2n) is 6.71. The van der Waals surface area contributed by atoms with E-state index in [1.54, 1.807) is 26.2 Å². The van der Waals surface area contributed by atoms with Crippen LogP contribution in [0.15, 0.2) is 56.2 Å². The van der Waals surface area contributed by atoms with E-state index in [-0.39, 0.29) is 23.0 Å². The number of nitrogens with one attached hydrogen (secondary N) is 1. The van der Waals surface area contributed by atoms with Crippen molar-refractivity contribution >= 4 is 48.5 Å². The highest BCUT2D eigenvalue weighted by atomic mass is 79.9. The highest BCUT2D eigenvalue weighted by molar-refractivity contribution is 9.10. The zero-order valence-electron chi connectivity index (χ0n) is 17.3. The second-order valence-corrected chi connectivity index (χ2v) is 9.27. The van der Waals surface area contributed by atoms with E-state index in [9.17, 15) is 13.2 Å². The maximum atomic E-state index is 12.8. The van der Waals surface area contributed by atoms with E-state index in [1.165, 1.54) is 18.2 Å². The average Bonchev–Trinajstić information content (AvgIpc) is 3.16. The molecule has 166 valence electrons. The summed E-state index contributed by atoms with van der Waals surface area (Å²) in [6.45, 7) is 3.27. The number of carbonyl (C=O) groups excluding carboxylic acids is 1. The Morgan fingerprint density at radius 2 is 1.97 bits per heavy atom. The van der Waals surface area contributed by atoms with Gasteiger partial charge >= 0.3 is 5.91 Å². The first-order chi connectivity index (χ1) is 14.7. The molecule has 1 amide bonds. The van der Waals surface area contributed by atoms with Gasteiger partial charge in [-0.15, -0.1) is 0 Å². The third kappa shape index (κ3) is 5.38. The van der Waals surface area contributed by atoms with Gasteiger partial charge in [-0.25, -0.2) is 13.1 Å². The normalized spacial score (nSPS) is 11.5. The van der Waals surface area contributed by atoms with Crippen LogP contribution in [0.25, 0.3) is 11.0 Å². The van der Waals surface area contributed by atoms with Crippen LogP contribution in [0.1, 0.15) is 17.5 Å². The summed E-state index contributed by atoms with van der Waals surface area (Å²) in [5.41, 5.74) is 1.36. The molecule has 0 saturated heterocycles. The second kappa shape index (κ2) is 9.71. The van der Waals surface area contributed by atoms with Gasteiger partial charge in [0.2, 0.25) is 0 Å². The van der Waals surface area contributed by atoms with Gasteiger partial charge in [0.1, 0.15) is 16.2 Å². The number of ether oxygens (including phenoxy) is 2. The number of hydrogen-bond donors (Lipinski definition) is 1. The first-order valence-corrected chi connectivity index (χ1v) is 11.8. The van der Waals surface area contributed by atoms with Gasteiger partial charge in [0.05, 0.1) is 13.2 Å². The highest BCUT2D eigenvalue weighted by Crippen LogP contribution is 2.28. The molecule has 0 unspecified atom stereocenters. The molecule has 1 heterocycles. The molecule has 31 heavy (non-hydrogen) atoms. The zero-order chi connectivity index (χ0) is 22.6. The van der Waals surface area contributed by atoms with E-state index in [0.29, 0.717) is 28.6 Å². The largest absolute Gasteiger partial charge is 0.492 e. The van der Waals surface area contributed by atoms with E-state index in [1.807, 2.05) is 24.1 Å². The molecule has 8 nitrogen and oxygen atoms in total. The lowest BCUT2D eigenvalue weighted by molar-refractivity contribution is 0.0956. The number of nitrogens with zero attached hydrogens (tertiary/aromatic N) is 1. The van der Waals surface area contributed by atoms with Crippen LogP contribution in [0.2, 0.25) is 0 Å². The maximum Gasteiger partial charge on any atom is 0.300 e. The Morgan fingerprint density at radius 3 is 2.68 bits per heavy atom. The van der Waals surface area contributed by atoms with Gasteiger partial charge in [0, 0.05) is 42.3 Å². The Labute approximate surface area is 189 Å². The number of hydrogen-bond acceptors (Lipinski definition) is 7. The van der Waals surface area contributed by atoms with Crippen LogP contribution in [-0.2, 0) is 14.8 Å². The van der Waals surface area contributed by atoms with Crippen LogP contribution in [-0.4, -0.2) is 48.2 Å². The topological polar surface area (TPSA) is 98.1 Å². The van der Waals surface area contributed by atoms with Gasteiger partial charge < -0.3 is 18.8 Å². The van der Waals surface area contributed by atoms with Gasteiger partial charge in [0.15, 0.2) is 5.76 Å². The summed E-state index contributed by atoms with van der Waals surface area (Å²) in [5.74, 6) is -0.824. The van der Waals surface area contributed by atoms with E-state index in [2.05, 4.69) is 20.7 Å². The number of anilines is 1. The molecule has 0 radical (unpaired) electrons. The minimum atomic E-state index is -4.19. The predicted octanol–water partition coefficient (Wildman–Crippen LogP) is 3.80. The number of carbonyl (C=O) groups is 1. The smallest absolute Gasteiger partial charge is 0.300 e. The molecule has 1 N–H and O–H groups in total. The molecular formula is C21H23BrN2O6S. The van der Waals surface area contributed by atoms with Crippen molar-refractivity contribution in [3.63, 3.8) is 0 Å². The Hall–Kier alpha value is -2.56. The number of halogens is 1. The first kappa shape index (κ1) is 23.1. The quantitative estimate of drug-likeness (QED) is 0.467. The third-order valence-corrected chi connectivity index (χ3v) is 6.37. The molecular weight excluding hydrogens is 488 g/mol.